The second kappa shape index (κ2) is 11.2. The maximum absolute atomic E-state index is 13.4. The summed E-state index contributed by atoms with van der Waals surface area (Å²) in [5, 5.41) is 4.25. The molecular weight excluding hydrogens is 504 g/mol. The predicted molar refractivity (Wildman–Crippen MR) is 154 cm³/mol. The minimum absolute atomic E-state index is 0.232. The van der Waals surface area contributed by atoms with E-state index in [1.54, 1.807) is 61.1 Å². The van der Waals surface area contributed by atoms with Crippen molar-refractivity contribution in [1.82, 2.24) is 4.98 Å². The molecule has 38 heavy (non-hydrogen) atoms. The van der Waals surface area contributed by atoms with Gasteiger partial charge in [0.2, 0.25) is 0 Å². The first-order chi connectivity index (χ1) is 17.7. The van der Waals surface area contributed by atoms with E-state index in [1.165, 1.54) is 12.1 Å². The molecule has 11 heteroatoms. The molecule has 0 fully saturated rings. The summed E-state index contributed by atoms with van der Waals surface area (Å²) < 4.78 is 30.1. The van der Waals surface area contributed by atoms with Gasteiger partial charge in [0.1, 0.15) is 5.69 Å². The molecule has 1 amide bonds. The van der Waals surface area contributed by atoms with Gasteiger partial charge in [-0.25, -0.2) is 5.84 Å². The Morgan fingerprint density at radius 1 is 1.11 bits per heavy atom. The van der Waals surface area contributed by atoms with Crippen molar-refractivity contribution in [2.45, 2.75) is 33.1 Å². The lowest BCUT2D eigenvalue weighted by Crippen LogP contribution is -2.27. The molecule has 0 bridgehead atoms. The molecule has 0 aliphatic rings. The number of ether oxygens (including phenoxy) is 1. The average Bonchev–Trinajstić information content (AvgIpc) is 2.83. The van der Waals surface area contributed by atoms with Gasteiger partial charge in [-0.3, -0.25) is 14.8 Å². The van der Waals surface area contributed by atoms with Crippen LogP contribution in [0, 0.1) is 6.92 Å². The van der Waals surface area contributed by atoms with Crippen LogP contribution < -0.4 is 31.4 Å². The van der Waals surface area contributed by atoms with E-state index in [9.17, 15) is 13.6 Å². The number of hydrazine groups is 1. The number of anilines is 3. The van der Waals surface area contributed by atoms with Gasteiger partial charge < -0.3 is 15.8 Å². The standard InChI is InChI=1S/C27H34N6O4S/c1-17-7-8-19(13-24(17)33(29)16-21(28)18-9-11-30-12-10-18)26(34)31-22-14-20(27(2,3)4)15-23(25(22)37-5)32-38(6,35)36/h7-16H,28-29H2,1-6H3,(H2-,31,32,34,35,36)/p+1/b21-16-. The van der Waals surface area contributed by atoms with Crippen LogP contribution in [0.5, 0.6) is 5.75 Å². The van der Waals surface area contributed by atoms with Crippen LogP contribution in [0.15, 0.2) is 61.1 Å². The molecule has 0 spiro atoms. The van der Waals surface area contributed by atoms with Gasteiger partial charge in [0.15, 0.2) is 12.0 Å². The second-order valence-corrected chi connectivity index (χ2v) is 11.8. The van der Waals surface area contributed by atoms with Gasteiger partial charge in [-0.2, -0.15) is 9.27 Å². The number of aromatic nitrogens is 1. The van der Waals surface area contributed by atoms with E-state index in [0.29, 0.717) is 28.3 Å². The molecule has 0 saturated heterocycles. The number of nitrogens with two attached hydrogens (primary N) is 2. The first kappa shape index (κ1) is 28.6. The summed E-state index contributed by atoms with van der Waals surface area (Å²) in [6.07, 6.45) is 6.01. The highest BCUT2D eigenvalue weighted by atomic mass is 32.3. The molecule has 1 unspecified atom stereocenters. The Balaban J connectivity index is 1.98. The molecular formula is C27H35N6O4S+. The number of nitrogens with zero attached hydrogens (tertiary/aromatic N) is 2. The maximum atomic E-state index is 13.4. The number of methoxy groups -OCH3 is 1. The molecule has 0 aliphatic carbocycles. The van der Waals surface area contributed by atoms with Crippen LogP contribution in [0.3, 0.4) is 0 Å². The zero-order valence-electron chi connectivity index (χ0n) is 22.4. The van der Waals surface area contributed by atoms with Gasteiger partial charge in [0.25, 0.3) is 5.91 Å². The Kier molecular flexibility index (Phi) is 8.45. The van der Waals surface area contributed by atoms with Crippen molar-refractivity contribution in [2.24, 2.45) is 11.6 Å². The van der Waals surface area contributed by atoms with Crippen molar-refractivity contribution >= 4 is 39.1 Å². The highest BCUT2D eigenvalue weighted by molar-refractivity contribution is 7.98. The highest BCUT2D eigenvalue weighted by Crippen LogP contribution is 2.39. The van der Waals surface area contributed by atoms with Gasteiger partial charge in [0.05, 0.1) is 24.2 Å². The molecule has 10 nitrogen and oxygen atoms in total. The summed E-state index contributed by atoms with van der Waals surface area (Å²) in [4.78, 5) is 17.4. The lowest BCUT2D eigenvalue weighted by Gasteiger charge is -2.23. The maximum Gasteiger partial charge on any atom is 0.307 e. The number of pyridine rings is 1. The van der Waals surface area contributed by atoms with Crippen molar-refractivity contribution in [2.75, 3.05) is 28.4 Å². The van der Waals surface area contributed by atoms with Crippen LogP contribution in [0.4, 0.5) is 17.1 Å². The SMILES string of the molecule is COc1c(NC(=O)c2ccc(C)c(N(N)/C=C(\N)c3ccncc3)c2)cc(C(C)(C)C)cc1N[S+](C)(=O)O. The summed E-state index contributed by atoms with van der Waals surface area (Å²) in [7, 11) is -1.92. The third-order valence-electron chi connectivity index (χ3n) is 5.75. The van der Waals surface area contributed by atoms with E-state index in [0.717, 1.165) is 22.9 Å². The first-order valence-electron chi connectivity index (χ1n) is 11.7. The molecule has 0 radical (unpaired) electrons. The molecule has 0 saturated carbocycles. The quantitative estimate of drug-likeness (QED) is 0.159. The van der Waals surface area contributed by atoms with E-state index in [-0.39, 0.29) is 11.2 Å². The van der Waals surface area contributed by atoms with Crippen molar-refractivity contribution in [3.05, 3.63) is 83.3 Å². The lowest BCUT2D eigenvalue weighted by atomic mass is 9.86. The molecule has 7 N–H and O–H groups in total. The number of amides is 1. The zero-order valence-corrected chi connectivity index (χ0v) is 23.2. The number of nitrogens with one attached hydrogen (secondary N) is 2. The van der Waals surface area contributed by atoms with Crippen LogP contribution in [-0.4, -0.2) is 28.8 Å². The number of carbonyl (C=O) groups is 1. The molecule has 1 atom stereocenters. The summed E-state index contributed by atoms with van der Waals surface area (Å²) >= 11 is 0. The fraction of sp³-hybridized carbons (Fsp3) is 0.259. The van der Waals surface area contributed by atoms with Crippen molar-refractivity contribution in [1.29, 1.82) is 0 Å². The van der Waals surface area contributed by atoms with Crippen LogP contribution in [0.2, 0.25) is 0 Å². The molecule has 3 rings (SSSR count). The Morgan fingerprint density at radius 3 is 2.32 bits per heavy atom. The van der Waals surface area contributed by atoms with Crippen LogP contribution in [-0.2, 0) is 20.0 Å². The summed E-state index contributed by atoms with van der Waals surface area (Å²) in [5.74, 6) is 6.12. The predicted octanol–water partition coefficient (Wildman–Crippen LogP) is 4.52. The molecule has 3 aromatic rings. The summed E-state index contributed by atoms with van der Waals surface area (Å²) in [5.41, 5.74) is 10.3. The van der Waals surface area contributed by atoms with E-state index >= 15 is 0 Å². The average molecular weight is 540 g/mol. The lowest BCUT2D eigenvalue weighted by molar-refractivity contribution is 0.102. The van der Waals surface area contributed by atoms with Crippen molar-refractivity contribution in [3.8, 4) is 5.75 Å². The third kappa shape index (κ3) is 7.09. The first-order valence-corrected chi connectivity index (χ1v) is 13.7. The van der Waals surface area contributed by atoms with Gasteiger partial charge in [-0.15, -0.1) is 0 Å². The molecule has 202 valence electrons. The van der Waals surface area contributed by atoms with Crippen molar-refractivity contribution < 1.29 is 18.3 Å². The Labute approximate surface area is 224 Å². The topological polar surface area (TPSA) is 156 Å². The molecule has 1 heterocycles. The van der Waals surface area contributed by atoms with Crippen molar-refractivity contribution in [3.63, 3.8) is 0 Å². The third-order valence-corrected chi connectivity index (χ3v) is 6.35. The number of carbonyl (C=O) groups excluding carboxylic acids is 1. The fourth-order valence-corrected chi connectivity index (χ4v) is 4.28. The fourth-order valence-electron chi connectivity index (χ4n) is 3.72. The van der Waals surface area contributed by atoms with Gasteiger partial charge >= 0.3 is 10.4 Å². The number of rotatable bonds is 8. The minimum atomic E-state index is -3.35. The smallest absolute Gasteiger partial charge is 0.307 e. The summed E-state index contributed by atoms with van der Waals surface area (Å²) in [6, 6.07) is 12.2. The Hall–Kier alpha value is -3.93. The molecule has 2 aromatic carbocycles. The Bertz CT molecular complexity index is 1400. The largest absolute Gasteiger partial charge is 0.492 e. The van der Waals surface area contributed by atoms with Gasteiger partial charge in [-0.1, -0.05) is 26.8 Å². The molecule has 0 aliphatic heterocycles. The monoisotopic (exact) mass is 539 g/mol. The highest BCUT2D eigenvalue weighted by Gasteiger charge is 2.26. The normalized spacial score (nSPS) is 13.4. The van der Waals surface area contributed by atoms with Crippen LogP contribution >= 0.6 is 0 Å². The summed E-state index contributed by atoms with van der Waals surface area (Å²) in [6.45, 7) is 7.87. The minimum Gasteiger partial charge on any atom is -0.492 e. The second-order valence-electron chi connectivity index (χ2n) is 9.94. The number of aryl methyl sites for hydroxylation is 1. The van der Waals surface area contributed by atoms with E-state index in [2.05, 4.69) is 15.0 Å². The molecule has 1 aromatic heterocycles. The van der Waals surface area contributed by atoms with Crippen LogP contribution in [0.25, 0.3) is 5.70 Å². The number of hydrogen-bond donors (Lipinski definition) is 5. The van der Waals surface area contributed by atoms with Crippen LogP contribution in [0.1, 0.15) is 47.8 Å². The van der Waals surface area contributed by atoms with Gasteiger partial charge in [-0.05, 0) is 64.1 Å². The van der Waals surface area contributed by atoms with E-state index < -0.39 is 16.3 Å². The Morgan fingerprint density at radius 2 is 1.74 bits per heavy atom. The zero-order chi connectivity index (χ0) is 28.3. The van der Waals surface area contributed by atoms with E-state index in [1.807, 2.05) is 27.7 Å². The van der Waals surface area contributed by atoms with Gasteiger partial charge in [0, 0.05) is 29.7 Å². The number of benzene rings is 2. The number of hydrogen-bond acceptors (Lipinski definition) is 7. The van der Waals surface area contributed by atoms with E-state index in [4.69, 9.17) is 16.3 Å².